The highest BCUT2D eigenvalue weighted by atomic mass is 19.1. The second-order valence-corrected chi connectivity index (χ2v) is 6.08. The van der Waals surface area contributed by atoms with Gasteiger partial charge in [-0.2, -0.15) is 0 Å². The second kappa shape index (κ2) is 8.76. The van der Waals surface area contributed by atoms with Crippen LogP contribution in [0.3, 0.4) is 0 Å². The van der Waals surface area contributed by atoms with Crippen LogP contribution in [0.2, 0.25) is 0 Å². The average Bonchev–Trinajstić information content (AvgIpc) is 2.49. The molecular formula is C16H20FN3O5. The molecule has 0 saturated heterocycles. The predicted octanol–water partition coefficient (Wildman–Crippen LogP) is 0.723. The standard InChI is InChI=1S/C16H20FN3O5/c1-16(2,3)20-15(24)19-12(21)9-25-13(22)8-18-14(23)10-6-4-5-7-11(10)17/h4-7H,8-9H2,1-3H3,(H,18,23)(H2,19,20,21,24). The molecule has 1 aromatic rings. The molecule has 1 aromatic carbocycles. The molecule has 8 nitrogen and oxygen atoms in total. The SMILES string of the molecule is CC(C)(C)NC(=O)NC(=O)COC(=O)CNC(=O)c1ccccc1F. The predicted molar refractivity (Wildman–Crippen MR) is 86.1 cm³/mol. The van der Waals surface area contributed by atoms with Crippen LogP contribution in [-0.4, -0.2) is 42.5 Å². The van der Waals surface area contributed by atoms with E-state index in [1.165, 1.54) is 18.2 Å². The molecule has 0 fully saturated rings. The molecule has 0 unspecified atom stereocenters. The van der Waals surface area contributed by atoms with E-state index >= 15 is 0 Å². The molecular weight excluding hydrogens is 333 g/mol. The van der Waals surface area contributed by atoms with Gasteiger partial charge in [-0.15, -0.1) is 0 Å². The van der Waals surface area contributed by atoms with Crippen LogP contribution in [0.25, 0.3) is 0 Å². The van der Waals surface area contributed by atoms with Crippen LogP contribution in [0, 0.1) is 5.82 Å². The molecule has 0 atom stereocenters. The number of ether oxygens (including phenoxy) is 1. The number of rotatable bonds is 5. The minimum Gasteiger partial charge on any atom is -0.454 e. The van der Waals surface area contributed by atoms with E-state index in [4.69, 9.17) is 0 Å². The van der Waals surface area contributed by atoms with Crippen LogP contribution in [0.4, 0.5) is 9.18 Å². The highest BCUT2D eigenvalue weighted by Crippen LogP contribution is 2.05. The minimum absolute atomic E-state index is 0.216. The Hall–Kier alpha value is -2.97. The maximum absolute atomic E-state index is 13.4. The van der Waals surface area contributed by atoms with Crippen molar-refractivity contribution in [2.24, 2.45) is 0 Å². The Bertz CT molecular complexity index is 670. The van der Waals surface area contributed by atoms with Crippen molar-refractivity contribution in [3.05, 3.63) is 35.6 Å². The van der Waals surface area contributed by atoms with E-state index in [0.29, 0.717) is 0 Å². The number of amides is 4. The summed E-state index contributed by atoms with van der Waals surface area (Å²) in [5.74, 6) is -3.24. The molecule has 1 rings (SSSR count). The second-order valence-electron chi connectivity index (χ2n) is 6.08. The molecule has 3 N–H and O–H groups in total. The summed E-state index contributed by atoms with van der Waals surface area (Å²) in [4.78, 5) is 46.1. The monoisotopic (exact) mass is 353 g/mol. The topological polar surface area (TPSA) is 114 Å². The Labute approximate surface area is 144 Å². The molecule has 0 aliphatic rings. The van der Waals surface area contributed by atoms with E-state index in [-0.39, 0.29) is 5.56 Å². The molecule has 9 heteroatoms. The van der Waals surface area contributed by atoms with Gasteiger partial charge in [0.15, 0.2) is 6.61 Å². The van der Waals surface area contributed by atoms with Gasteiger partial charge in [-0.05, 0) is 32.9 Å². The highest BCUT2D eigenvalue weighted by molar-refractivity contribution is 5.97. The lowest BCUT2D eigenvalue weighted by molar-refractivity contribution is -0.147. The largest absolute Gasteiger partial charge is 0.454 e. The minimum atomic E-state index is -0.906. The molecule has 25 heavy (non-hydrogen) atoms. The lowest BCUT2D eigenvalue weighted by Crippen LogP contribution is -2.49. The number of esters is 1. The molecule has 0 bridgehead atoms. The fraction of sp³-hybridized carbons (Fsp3) is 0.375. The van der Waals surface area contributed by atoms with Crippen LogP contribution < -0.4 is 16.0 Å². The molecule has 0 saturated carbocycles. The van der Waals surface area contributed by atoms with E-state index in [1.807, 2.05) is 5.32 Å². The molecule has 0 aromatic heterocycles. The van der Waals surface area contributed by atoms with Crippen LogP contribution in [0.15, 0.2) is 24.3 Å². The Balaban J connectivity index is 2.33. The zero-order chi connectivity index (χ0) is 19.0. The van der Waals surface area contributed by atoms with Gasteiger partial charge in [-0.3, -0.25) is 19.7 Å². The van der Waals surface area contributed by atoms with Gasteiger partial charge in [0.1, 0.15) is 12.4 Å². The van der Waals surface area contributed by atoms with Crippen molar-refractivity contribution in [3.63, 3.8) is 0 Å². The van der Waals surface area contributed by atoms with E-state index in [1.54, 1.807) is 20.8 Å². The van der Waals surface area contributed by atoms with Gasteiger partial charge in [-0.1, -0.05) is 12.1 Å². The van der Waals surface area contributed by atoms with Crippen LogP contribution >= 0.6 is 0 Å². The summed E-state index contributed by atoms with van der Waals surface area (Å²) in [7, 11) is 0. The summed E-state index contributed by atoms with van der Waals surface area (Å²) < 4.78 is 18.0. The summed E-state index contributed by atoms with van der Waals surface area (Å²) in [6.45, 7) is 3.96. The number of hydrogen-bond acceptors (Lipinski definition) is 5. The summed E-state index contributed by atoms with van der Waals surface area (Å²) in [5, 5.41) is 6.65. The first-order valence-corrected chi connectivity index (χ1v) is 7.39. The van der Waals surface area contributed by atoms with Crippen LogP contribution in [0.5, 0.6) is 0 Å². The third-order valence-corrected chi connectivity index (χ3v) is 2.62. The number of benzene rings is 1. The van der Waals surface area contributed by atoms with Gasteiger partial charge >= 0.3 is 12.0 Å². The number of halogens is 1. The Kier molecular flexibility index (Phi) is 7.04. The number of hydrogen-bond donors (Lipinski definition) is 3. The first-order chi connectivity index (χ1) is 11.6. The van der Waals surface area contributed by atoms with Crippen molar-refractivity contribution in [1.29, 1.82) is 0 Å². The summed E-state index contributed by atoms with van der Waals surface area (Å²) in [6.07, 6.45) is 0. The van der Waals surface area contributed by atoms with E-state index < -0.39 is 48.3 Å². The fourth-order valence-corrected chi connectivity index (χ4v) is 1.62. The van der Waals surface area contributed by atoms with Gasteiger partial charge < -0.3 is 15.4 Å². The van der Waals surface area contributed by atoms with E-state index in [9.17, 15) is 23.6 Å². The Morgan fingerprint density at radius 3 is 2.36 bits per heavy atom. The van der Waals surface area contributed by atoms with Crippen LogP contribution in [-0.2, 0) is 14.3 Å². The third kappa shape index (κ3) is 7.91. The quantitative estimate of drug-likeness (QED) is 0.675. The van der Waals surface area contributed by atoms with Gasteiger partial charge in [0.25, 0.3) is 11.8 Å². The lowest BCUT2D eigenvalue weighted by atomic mass is 10.1. The van der Waals surface area contributed by atoms with Gasteiger partial charge in [0.2, 0.25) is 0 Å². The molecule has 0 aliphatic heterocycles. The smallest absolute Gasteiger partial charge is 0.325 e. The number of carbonyl (C=O) groups is 4. The van der Waals surface area contributed by atoms with Crippen LogP contribution in [0.1, 0.15) is 31.1 Å². The van der Waals surface area contributed by atoms with Crippen molar-refractivity contribution >= 4 is 23.8 Å². The van der Waals surface area contributed by atoms with Crippen molar-refractivity contribution in [3.8, 4) is 0 Å². The van der Waals surface area contributed by atoms with Gasteiger partial charge in [0, 0.05) is 5.54 Å². The number of nitrogens with one attached hydrogen (secondary N) is 3. The van der Waals surface area contributed by atoms with Crippen molar-refractivity contribution in [2.45, 2.75) is 26.3 Å². The molecule has 0 spiro atoms. The zero-order valence-electron chi connectivity index (χ0n) is 14.1. The Morgan fingerprint density at radius 1 is 1.12 bits per heavy atom. The molecule has 0 aliphatic carbocycles. The summed E-state index contributed by atoms with van der Waals surface area (Å²) in [6, 6.07) is 4.55. The van der Waals surface area contributed by atoms with Gasteiger partial charge in [-0.25, -0.2) is 9.18 Å². The first kappa shape index (κ1) is 20.1. The molecule has 0 radical (unpaired) electrons. The fourth-order valence-electron chi connectivity index (χ4n) is 1.62. The average molecular weight is 353 g/mol. The maximum atomic E-state index is 13.4. The van der Waals surface area contributed by atoms with Crippen molar-refractivity contribution < 1.29 is 28.3 Å². The lowest BCUT2D eigenvalue weighted by Gasteiger charge is -2.20. The zero-order valence-corrected chi connectivity index (χ0v) is 14.1. The number of imide groups is 1. The third-order valence-electron chi connectivity index (χ3n) is 2.62. The molecule has 4 amide bonds. The number of carbonyl (C=O) groups excluding carboxylic acids is 4. The maximum Gasteiger partial charge on any atom is 0.325 e. The molecule has 136 valence electrons. The normalized spacial score (nSPS) is 10.6. The van der Waals surface area contributed by atoms with Crippen molar-refractivity contribution in [1.82, 2.24) is 16.0 Å². The van der Waals surface area contributed by atoms with E-state index in [0.717, 1.165) is 6.07 Å². The summed E-state index contributed by atoms with van der Waals surface area (Å²) in [5.41, 5.74) is -0.746. The number of urea groups is 1. The Morgan fingerprint density at radius 2 is 1.76 bits per heavy atom. The van der Waals surface area contributed by atoms with Gasteiger partial charge in [0.05, 0.1) is 5.56 Å². The highest BCUT2D eigenvalue weighted by Gasteiger charge is 2.17. The first-order valence-electron chi connectivity index (χ1n) is 7.39. The van der Waals surface area contributed by atoms with Crippen molar-refractivity contribution in [2.75, 3.05) is 13.2 Å². The summed E-state index contributed by atoms with van der Waals surface area (Å²) >= 11 is 0. The molecule has 0 heterocycles. The van der Waals surface area contributed by atoms with E-state index in [2.05, 4.69) is 15.4 Å².